The van der Waals surface area contributed by atoms with Crippen LogP contribution in [0.25, 0.3) is 11.3 Å². The van der Waals surface area contributed by atoms with Crippen LogP contribution in [0.3, 0.4) is 0 Å². The molecule has 1 heterocycles. The van der Waals surface area contributed by atoms with E-state index in [0.29, 0.717) is 16.1 Å². The van der Waals surface area contributed by atoms with Crippen LogP contribution in [0.2, 0.25) is 5.02 Å². The van der Waals surface area contributed by atoms with E-state index in [9.17, 15) is 14.3 Å². The Morgan fingerprint density at radius 1 is 1.37 bits per heavy atom. The maximum absolute atomic E-state index is 14.0. The van der Waals surface area contributed by atoms with Gasteiger partial charge in [-0.25, -0.2) is 9.07 Å². The number of rotatable bonds is 4. The van der Waals surface area contributed by atoms with Crippen LogP contribution in [0.5, 0.6) is 5.75 Å². The van der Waals surface area contributed by atoms with Crippen molar-refractivity contribution in [1.29, 1.82) is 0 Å². The minimum Gasteiger partial charge on any atom is -0.507 e. The van der Waals surface area contributed by atoms with E-state index in [1.54, 1.807) is 24.6 Å². The first-order chi connectivity index (χ1) is 12.9. The van der Waals surface area contributed by atoms with Gasteiger partial charge in [-0.05, 0) is 30.3 Å². The number of thiazole rings is 1. The van der Waals surface area contributed by atoms with E-state index in [4.69, 9.17) is 17.3 Å². The fourth-order valence-electron chi connectivity index (χ4n) is 2.40. The molecule has 0 atom stereocenters. The molecule has 27 heavy (non-hydrogen) atoms. The summed E-state index contributed by atoms with van der Waals surface area (Å²) in [6.45, 7) is 0. The number of carbonyl (C=O) groups is 1. The largest absolute Gasteiger partial charge is 0.507 e. The average molecular weight is 405 g/mol. The molecule has 1 amide bonds. The molecule has 0 spiro atoms. The summed E-state index contributed by atoms with van der Waals surface area (Å²) >= 11 is 7.34. The zero-order valence-electron chi connectivity index (χ0n) is 14.1. The Balaban J connectivity index is 2.13. The summed E-state index contributed by atoms with van der Waals surface area (Å²) in [7, 11) is 1.60. The van der Waals surface area contributed by atoms with Crippen LogP contribution in [0.15, 0.2) is 51.9 Å². The Labute approximate surface area is 162 Å². The van der Waals surface area contributed by atoms with Crippen LogP contribution in [-0.2, 0) is 0 Å². The number of carbonyl (C=O) groups excluding carboxylic acids is 1. The number of nitrogens with zero attached hydrogens (tertiary/aromatic N) is 3. The molecule has 0 bridgehead atoms. The molecule has 0 radical (unpaired) electrons. The number of phenols is 1. The third-order valence-electron chi connectivity index (χ3n) is 3.74. The summed E-state index contributed by atoms with van der Waals surface area (Å²) in [5.41, 5.74) is 6.60. The lowest BCUT2D eigenvalue weighted by atomic mass is 10.1. The number of benzene rings is 2. The highest BCUT2D eigenvalue weighted by Crippen LogP contribution is 2.26. The summed E-state index contributed by atoms with van der Waals surface area (Å²) in [6.07, 6.45) is 1.30. The molecule has 0 saturated heterocycles. The number of aromatic nitrogens is 1. The number of aromatic hydroxyl groups is 1. The Kier molecular flexibility index (Phi) is 5.38. The molecule has 138 valence electrons. The predicted octanol–water partition coefficient (Wildman–Crippen LogP) is 3.23. The van der Waals surface area contributed by atoms with Gasteiger partial charge in [-0.1, -0.05) is 17.7 Å². The van der Waals surface area contributed by atoms with Gasteiger partial charge >= 0.3 is 0 Å². The standard InChI is InChI=1S/C18H14ClFN4O2S/c1-22-18-24(23-8-12-13(19)3-2-4-14(12)20)15(9-27-18)10-5-6-16(25)11(7-10)17(21)26/h2-9,25H,1H3,(H2,21,26). The van der Waals surface area contributed by atoms with Crippen LogP contribution in [-0.4, -0.2) is 29.0 Å². The normalized spacial score (nSPS) is 12.0. The SMILES string of the molecule is CN=c1scc(-c2ccc(O)c(C(N)=O)c2)n1N=Cc1c(F)cccc1Cl. The van der Waals surface area contributed by atoms with Crippen LogP contribution in [0.1, 0.15) is 15.9 Å². The van der Waals surface area contributed by atoms with E-state index in [-0.39, 0.29) is 21.9 Å². The minimum absolute atomic E-state index is 0.0126. The first kappa shape index (κ1) is 18.8. The second-order valence-corrected chi connectivity index (χ2v) is 6.66. The number of primary amides is 1. The Morgan fingerprint density at radius 2 is 2.15 bits per heavy atom. The maximum atomic E-state index is 14.0. The van der Waals surface area contributed by atoms with E-state index >= 15 is 0 Å². The molecular weight excluding hydrogens is 391 g/mol. The third kappa shape index (κ3) is 3.76. The van der Waals surface area contributed by atoms with Gasteiger partial charge in [-0.15, -0.1) is 11.3 Å². The van der Waals surface area contributed by atoms with Gasteiger partial charge in [0, 0.05) is 23.6 Å². The van der Waals surface area contributed by atoms with Gasteiger partial charge in [0.2, 0.25) is 4.80 Å². The first-order valence-electron chi connectivity index (χ1n) is 7.67. The van der Waals surface area contributed by atoms with Gasteiger partial charge in [0.05, 0.1) is 22.5 Å². The summed E-state index contributed by atoms with van der Waals surface area (Å²) in [6, 6.07) is 8.81. The topological polar surface area (TPSA) is 93.0 Å². The monoisotopic (exact) mass is 404 g/mol. The summed E-state index contributed by atoms with van der Waals surface area (Å²) in [5.74, 6) is -1.47. The van der Waals surface area contributed by atoms with Crippen molar-refractivity contribution in [3.63, 3.8) is 0 Å². The molecule has 0 aliphatic rings. The molecular formula is C18H14ClFN4O2S. The Hall–Kier alpha value is -2.97. The molecule has 0 aliphatic carbocycles. The van der Waals surface area contributed by atoms with E-state index in [1.807, 2.05) is 0 Å². The second kappa shape index (κ2) is 7.73. The Bertz CT molecular complexity index is 1100. The summed E-state index contributed by atoms with van der Waals surface area (Å²) in [5, 5.41) is 16.1. The molecule has 9 heteroatoms. The first-order valence-corrected chi connectivity index (χ1v) is 8.93. The smallest absolute Gasteiger partial charge is 0.252 e. The summed E-state index contributed by atoms with van der Waals surface area (Å²) < 4.78 is 15.5. The average Bonchev–Trinajstić information content (AvgIpc) is 3.04. The second-order valence-electron chi connectivity index (χ2n) is 5.42. The van der Waals surface area contributed by atoms with Crippen molar-refractivity contribution in [2.24, 2.45) is 15.8 Å². The Morgan fingerprint density at radius 3 is 2.81 bits per heavy atom. The van der Waals surface area contributed by atoms with E-state index in [0.717, 1.165) is 0 Å². The van der Waals surface area contributed by atoms with Crippen molar-refractivity contribution in [3.8, 4) is 17.0 Å². The van der Waals surface area contributed by atoms with Crippen LogP contribution >= 0.6 is 22.9 Å². The number of hydrogen-bond donors (Lipinski definition) is 2. The number of nitrogens with two attached hydrogens (primary N) is 1. The molecule has 3 rings (SSSR count). The lowest BCUT2D eigenvalue weighted by molar-refractivity contribution is 0.0998. The van der Waals surface area contributed by atoms with Crippen LogP contribution < -0.4 is 10.5 Å². The highest BCUT2D eigenvalue weighted by molar-refractivity contribution is 7.07. The van der Waals surface area contributed by atoms with E-state index in [1.165, 1.54) is 46.5 Å². The van der Waals surface area contributed by atoms with Crippen LogP contribution in [0.4, 0.5) is 4.39 Å². The molecule has 0 saturated carbocycles. The molecule has 6 nitrogen and oxygen atoms in total. The molecule has 3 N–H and O–H groups in total. The highest BCUT2D eigenvalue weighted by atomic mass is 35.5. The van der Waals surface area contributed by atoms with Gasteiger partial charge in [0.1, 0.15) is 11.6 Å². The number of hydrogen-bond acceptors (Lipinski definition) is 5. The fourth-order valence-corrected chi connectivity index (χ4v) is 3.42. The molecule has 0 aliphatic heterocycles. The van der Waals surface area contributed by atoms with Crippen molar-refractivity contribution < 1.29 is 14.3 Å². The third-order valence-corrected chi connectivity index (χ3v) is 4.97. The van der Waals surface area contributed by atoms with Gasteiger partial charge in [0.25, 0.3) is 5.91 Å². The quantitative estimate of drug-likeness (QED) is 0.653. The zero-order chi connectivity index (χ0) is 19.6. The maximum Gasteiger partial charge on any atom is 0.252 e. The highest BCUT2D eigenvalue weighted by Gasteiger charge is 2.13. The van der Waals surface area contributed by atoms with Crippen molar-refractivity contribution in [3.05, 3.63) is 68.5 Å². The summed E-state index contributed by atoms with van der Waals surface area (Å²) in [4.78, 5) is 16.2. The van der Waals surface area contributed by atoms with Gasteiger partial charge < -0.3 is 10.8 Å². The van der Waals surface area contributed by atoms with E-state index in [2.05, 4.69) is 10.1 Å². The molecule has 0 unspecified atom stereocenters. The van der Waals surface area contributed by atoms with E-state index < -0.39 is 11.7 Å². The number of halogens is 2. The van der Waals surface area contributed by atoms with Crippen molar-refractivity contribution in [2.45, 2.75) is 0 Å². The minimum atomic E-state index is -0.752. The van der Waals surface area contributed by atoms with Gasteiger partial charge in [0.15, 0.2) is 0 Å². The zero-order valence-corrected chi connectivity index (χ0v) is 15.6. The fraction of sp³-hybridized carbons (Fsp3) is 0.0556. The van der Waals surface area contributed by atoms with Crippen LogP contribution in [0, 0.1) is 5.82 Å². The molecule has 2 aromatic carbocycles. The molecule has 1 aromatic heterocycles. The molecule has 3 aromatic rings. The number of amides is 1. The van der Waals surface area contributed by atoms with Crippen molar-refractivity contribution >= 4 is 35.1 Å². The molecule has 0 fully saturated rings. The van der Waals surface area contributed by atoms with Gasteiger partial charge in [-0.3, -0.25) is 9.79 Å². The lowest BCUT2D eigenvalue weighted by Gasteiger charge is -2.07. The van der Waals surface area contributed by atoms with Gasteiger partial charge in [-0.2, -0.15) is 5.10 Å². The lowest BCUT2D eigenvalue weighted by Crippen LogP contribution is -2.13. The van der Waals surface area contributed by atoms with Crippen molar-refractivity contribution in [1.82, 2.24) is 4.68 Å². The predicted molar refractivity (Wildman–Crippen MR) is 104 cm³/mol. The van der Waals surface area contributed by atoms with Crippen molar-refractivity contribution in [2.75, 3.05) is 7.05 Å².